The quantitative estimate of drug-likeness (QED) is 0.841. The largest absolute Gasteiger partial charge is 0.467 e. The predicted molar refractivity (Wildman–Crippen MR) is 101 cm³/mol. The van der Waals surface area contributed by atoms with Crippen molar-refractivity contribution in [3.63, 3.8) is 0 Å². The van der Waals surface area contributed by atoms with Crippen molar-refractivity contribution in [2.45, 2.75) is 70.1 Å². The van der Waals surface area contributed by atoms with Gasteiger partial charge in [-0.25, -0.2) is 0 Å². The summed E-state index contributed by atoms with van der Waals surface area (Å²) < 4.78 is 6.43. The highest BCUT2D eigenvalue weighted by Crippen LogP contribution is 2.58. The smallest absolute Gasteiger partial charge is 0.258 e. The Morgan fingerprint density at radius 2 is 2.00 bits per heavy atom. The Morgan fingerprint density at radius 1 is 1.22 bits per heavy atom. The lowest BCUT2D eigenvalue weighted by molar-refractivity contribution is -0.167. The molecule has 2 bridgehead atoms. The van der Waals surface area contributed by atoms with E-state index in [4.69, 9.17) is 4.74 Å². The number of ether oxygens (including phenoxy) is 1. The Hall–Kier alpha value is -2.04. The number of amides is 2. The first-order valence-electron chi connectivity index (χ1n) is 10.4. The summed E-state index contributed by atoms with van der Waals surface area (Å²) in [5.74, 6) is 1.02. The van der Waals surface area contributed by atoms with Crippen LogP contribution in [-0.2, 0) is 4.79 Å². The van der Waals surface area contributed by atoms with Crippen molar-refractivity contribution in [1.29, 1.82) is 0 Å². The monoisotopic (exact) mass is 368 g/mol. The Kier molecular flexibility index (Phi) is 3.78. The summed E-state index contributed by atoms with van der Waals surface area (Å²) in [6, 6.07) is 7.81. The Labute approximate surface area is 160 Å². The zero-order valence-electron chi connectivity index (χ0n) is 15.9. The van der Waals surface area contributed by atoms with Gasteiger partial charge in [0.25, 0.3) is 5.91 Å². The first-order valence-corrected chi connectivity index (χ1v) is 10.4. The SMILES string of the molecule is C[C@@]12CC[C@H](C[C@@H]1C(=O)NC1CCCC1)[C@@]1(C2)NC(=O)c2ccccc2O1. The lowest BCUT2D eigenvalue weighted by atomic mass is 9.52. The lowest BCUT2D eigenvalue weighted by Crippen LogP contribution is -2.69. The molecule has 1 heterocycles. The van der Waals surface area contributed by atoms with Crippen molar-refractivity contribution in [2.75, 3.05) is 0 Å². The van der Waals surface area contributed by atoms with E-state index in [0.29, 0.717) is 23.8 Å². The molecular formula is C22H28N2O3. The first kappa shape index (κ1) is 17.1. The molecule has 4 saturated carbocycles. The van der Waals surface area contributed by atoms with Gasteiger partial charge in [0, 0.05) is 24.3 Å². The van der Waals surface area contributed by atoms with Gasteiger partial charge in [-0.1, -0.05) is 31.9 Å². The maximum atomic E-state index is 13.0. The van der Waals surface area contributed by atoms with Crippen LogP contribution in [-0.4, -0.2) is 23.6 Å². The van der Waals surface area contributed by atoms with Crippen LogP contribution >= 0.6 is 0 Å². The van der Waals surface area contributed by atoms with Gasteiger partial charge in [0.1, 0.15) is 5.75 Å². The van der Waals surface area contributed by atoms with Gasteiger partial charge in [0.05, 0.1) is 5.56 Å². The normalized spacial score (nSPS) is 37.6. The Morgan fingerprint density at radius 3 is 2.78 bits per heavy atom. The highest BCUT2D eigenvalue weighted by Gasteiger charge is 2.61. The molecule has 4 aliphatic carbocycles. The number of hydrogen-bond acceptors (Lipinski definition) is 3. The molecule has 2 amide bonds. The Balaban J connectivity index is 1.39. The van der Waals surface area contributed by atoms with Crippen LogP contribution in [0.4, 0.5) is 0 Å². The van der Waals surface area contributed by atoms with Crippen molar-refractivity contribution in [2.24, 2.45) is 17.3 Å². The Bertz CT molecular complexity index is 788. The number of fused-ring (bicyclic) bond motifs is 3. The van der Waals surface area contributed by atoms with E-state index < -0.39 is 5.72 Å². The minimum absolute atomic E-state index is 0.0140. The molecule has 4 fully saturated rings. The standard InChI is InChI=1S/C22H28N2O3/c1-21-11-10-14(12-17(21)20(26)23-15-6-2-3-7-15)22(13-21)24-19(25)16-8-4-5-9-18(16)27-22/h4-5,8-9,14-15,17H,2-3,6-7,10-13H2,1H3,(H,23,26)(H,24,25)/t14-,17-,21+,22+/m1/s1. The third kappa shape index (κ3) is 2.66. The van der Waals surface area contributed by atoms with E-state index in [-0.39, 0.29) is 29.1 Å². The summed E-state index contributed by atoms with van der Waals surface area (Å²) in [5, 5.41) is 6.49. The highest BCUT2D eigenvalue weighted by molar-refractivity contribution is 5.98. The zero-order chi connectivity index (χ0) is 18.6. The second-order valence-corrected chi connectivity index (χ2v) is 9.29. The van der Waals surface area contributed by atoms with E-state index in [1.165, 1.54) is 12.8 Å². The molecule has 2 N–H and O–H groups in total. The summed E-state index contributed by atoms with van der Waals surface area (Å²) in [6.45, 7) is 2.21. The highest BCUT2D eigenvalue weighted by atomic mass is 16.5. The molecule has 6 rings (SSSR count). The maximum absolute atomic E-state index is 13.0. The van der Waals surface area contributed by atoms with Gasteiger partial charge in [0.2, 0.25) is 5.91 Å². The third-order valence-corrected chi connectivity index (χ3v) is 7.52. The number of carbonyl (C=O) groups is 2. The molecule has 4 atom stereocenters. The fraction of sp³-hybridized carbons (Fsp3) is 0.636. The van der Waals surface area contributed by atoms with Crippen LogP contribution in [0.1, 0.15) is 68.6 Å². The van der Waals surface area contributed by atoms with E-state index in [1.54, 1.807) is 6.07 Å². The van der Waals surface area contributed by atoms with Crippen molar-refractivity contribution in [3.8, 4) is 5.75 Å². The molecule has 5 nitrogen and oxygen atoms in total. The van der Waals surface area contributed by atoms with Gasteiger partial charge in [-0.15, -0.1) is 0 Å². The number of rotatable bonds is 2. The van der Waals surface area contributed by atoms with Crippen molar-refractivity contribution >= 4 is 11.8 Å². The average Bonchev–Trinajstić information content (AvgIpc) is 3.14. The molecule has 27 heavy (non-hydrogen) atoms. The van der Waals surface area contributed by atoms with E-state index in [2.05, 4.69) is 17.6 Å². The van der Waals surface area contributed by atoms with Crippen LogP contribution in [0.15, 0.2) is 24.3 Å². The molecule has 0 unspecified atom stereocenters. The summed E-state index contributed by atoms with van der Waals surface area (Å²) in [6.07, 6.45) is 8.16. The molecule has 0 saturated heterocycles. The third-order valence-electron chi connectivity index (χ3n) is 7.52. The van der Waals surface area contributed by atoms with Crippen LogP contribution in [0, 0.1) is 17.3 Å². The van der Waals surface area contributed by atoms with Crippen LogP contribution in [0.3, 0.4) is 0 Å². The topological polar surface area (TPSA) is 67.4 Å². The minimum atomic E-state index is -0.664. The molecular weight excluding hydrogens is 340 g/mol. The van der Waals surface area contributed by atoms with Crippen molar-refractivity contribution in [3.05, 3.63) is 29.8 Å². The maximum Gasteiger partial charge on any atom is 0.258 e. The van der Waals surface area contributed by atoms with Crippen molar-refractivity contribution in [1.82, 2.24) is 10.6 Å². The van der Waals surface area contributed by atoms with Crippen LogP contribution in [0.25, 0.3) is 0 Å². The molecule has 1 aromatic carbocycles. The first-order chi connectivity index (χ1) is 13.0. The summed E-state index contributed by atoms with van der Waals surface area (Å²) in [4.78, 5) is 25.8. The zero-order valence-corrected chi connectivity index (χ0v) is 15.9. The fourth-order valence-electron chi connectivity index (χ4n) is 6.03. The van der Waals surface area contributed by atoms with Crippen LogP contribution in [0.5, 0.6) is 5.75 Å². The molecule has 144 valence electrons. The van der Waals surface area contributed by atoms with E-state index >= 15 is 0 Å². The molecule has 1 aliphatic heterocycles. The lowest BCUT2D eigenvalue weighted by Gasteiger charge is -2.59. The van der Waals surface area contributed by atoms with Gasteiger partial charge in [0.15, 0.2) is 5.72 Å². The number of benzene rings is 1. The van der Waals surface area contributed by atoms with Crippen molar-refractivity contribution < 1.29 is 14.3 Å². The molecule has 0 aromatic heterocycles. The fourth-order valence-corrected chi connectivity index (χ4v) is 6.03. The average molecular weight is 368 g/mol. The number of carbonyl (C=O) groups excluding carboxylic acids is 2. The molecule has 1 aromatic rings. The molecule has 1 spiro atoms. The second-order valence-electron chi connectivity index (χ2n) is 9.29. The molecule has 5 heteroatoms. The summed E-state index contributed by atoms with van der Waals surface area (Å²) in [5.41, 5.74) is -0.204. The van der Waals surface area contributed by atoms with Gasteiger partial charge in [-0.05, 0) is 49.7 Å². The van der Waals surface area contributed by atoms with Crippen LogP contribution in [0.2, 0.25) is 0 Å². The number of para-hydroxylation sites is 1. The molecule has 5 aliphatic rings. The minimum Gasteiger partial charge on any atom is -0.467 e. The van der Waals surface area contributed by atoms with E-state index in [1.807, 2.05) is 18.2 Å². The number of nitrogens with one attached hydrogen (secondary N) is 2. The van der Waals surface area contributed by atoms with E-state index in [9.17, 15) is 9.59 Å². The summed E-state index contributed by atoms with van der Waals surface area (Å²) in [7, 11) is 0. The van der Waals surface area contributed by atoms with E-state index in [0.717, 1.165) is 32.1 Å². The van der Waals surface area contributed by atoms with Gasteiger partial charge in [-0.2, -0.15) is 0 Å². The predicted octanol–water partition coefficient (Wildman–Crippen LogP) is 3.39. The molecule has 0 radical (unpaired) electrons. The van der Waals surface area contributed by atoms with Gasteiger partial charge in [-0.3, -0.25) is 9.59 Å². The van der Waals surface area contributed by atoms with Crippen LogP contribution < -0.4 is 15.4 Å². The van der Waals surface area contributed by atoms with Gasteiger partial charge >= 0.3 is 0 Å². The summed E-state index contributed by atoms with van der Waals surface area (Å²) >= 11 is 0. The van der Waals surface area contributed by atoms with Gasteiger partial charge < -0.3 is 15.4 Å². The second kappa shape index (κ2) is 5.98. The number of hydrogen-bond donors (Lipinski definition) is 2.